The molecule has 1 atom stereocenters. The van der Waals surface area contributed by atoms with E-state index >= 15 is 0 Å². The lowest BCUT2D eigenvalue weighted by Gasteiger charge is -2.31. The zero-order valence-corrected chi connectivity index (χ0v) is 17.0. The molecule has 8 heteroatoms. The lowest BCUT2D eigenvalue weighted by Crippen LogP contribution is -2.39. The predicted octanol–water partition coefficient (Wildman–Crippen LogP) is 3.65. The van der Waals surface area contributed by atoms with Crippen molar-refractivity contribution in [2.45, 2.75) is 23.7 Å². The molecule has 0 amide bonds. The van der Waals surface area contributed by atoms with Crippen molar-refractivity contribution in [3.8, 4) is 0 Å². The van der Waals surface area contributed by atoms with Crippen LogP contribution in [0.5, 0.6) is 0 Å². The zero-order chi connectivity index (χ0) is 19.7. The number of esters is 1. The van der Waals surface area contributed by atoms with Crippen molar-refractivity contribution >= 4 is 37.5 Å². The van der Waals surface area contributed by atoms with Gasteiger partial charge in [0.15, 0.2) is 0 Å². The molecular formula is C20H20N2O4S2. The highest BCUT2D eigenvalue weighted by molar-refractivity contribution is 7.89. The second-order valence-corrected chi connectivity index (χ2v) is 9.74. The normalized spacial score (nSPS) is 18.2. The molecule has 1 saturated heterocycles. The van der Waals surface area contributed by atoms with Gasteiger partial charge in [-0.1, -0.05) is 12.1 Å². The van der Waals surface area contributed by atoms with Gasteiger partial charge in [-0.15, -0.1) is 11.3 Å². The summed E-state index contributed by atoms with van der Waals surface area (Å²) < 4.78 is 33.5. The highest BCUT2D eigenvalue weighted by Gasteiger charge is 2.32. The zero-order valence-electron chi connectivity index (χ0n) is 15.4. The Labute approximate surface area is 167 Å². The molecule has 0 unspecified atom stereocenters. The first-order valence-electron chi connectivity index (χ1n) is 9.03. The minimum Gasteiger partial charge on any atom is -0.465 e. The number of aromatic nitrogens is 1. The molecule has 4 rings (SSSR count). The van der Waals surface area contributed by atoms with Gasteiger partial charge in [-0.05, 0) is 49.2 Å². The van der Waals surface area contributed by atoms with Crippen molar-refractivity contribution < 1.29 is 17.9 Å². The van der Waals surface area contributed by atoms with Crippen LogP contribution in [0.1, 0.15) is 34.1 Å². The molecule has 3 aromatic rings. The molecule has 28 heavy (non-hydrogen) atoms. The standard InChI is InChI=1S/C20H20N2O4S2/c1-26-20(23)14-8-10-16(11-9-14)28(24,25)22-12-4-5-15(13-22)19-21-17-6-2-3-7-18(17)27-19/h2-3,6-11,15H,4-5,12-13H2,1H3/t15-/m0/s1. The number of methoxy groups -OCH3 is 1. The maximum Gasteiger partial charge on any atom is 0.337 e. The minimum atomic E-state index is -3.62. The van der Waals surface area contributed by atoms with E-state index in [9.17, 15) is 13.2 Å². The number of rotatable bonds is 4. The Balaban J connectivity index is 1.57. The van der Waals surface area contributed by atoms with Crippen molar-refractivity contribution in [2.24, 2.45) is 0 Å². The Bertz CT molecular complexity index is 1070. The van der Waals surface area contributed by atoms with Gasteiger partial charge in [0.05, 0.1) is 32.8 Å². The van der Waals surface area contributed by atoms with Gasteiger partial charge in [0.2, 0.25) is 10.0 Å². The number of piperidine rings is 1. The molecule has 1 fully saturated rings. The molecule has 0 aliphatic carbocycles. The van der Waals surface area contributed by atoms with Crippen LogP contribution in [0, 0.1) is 0 Å². The van der Waals surface area contributed by atoms with E-state index in [-0.39, 0.29) is 10.8 Å². The fraction of sp³-hybridized carbons (Fsp3) is 0.300. The van der Waals surface area contributed by atoms with E-state index in [1.165, 1.54) is 35.7 Å². The van der Waals surface area contributed by atoms with Crippen molar-refractivity contribution in [3.63, 3.8) is 0 Å². The Morgan fingerprint density at radius 1 is 1.18 bits per heavy atom. The first-order valence-corrected chi connectivity index (χ1v) is 11.3. The monoisotopic (exact) mass is 416 g/mol. The summed E-state index contributed by atoms with van der Waals surface area (Å²) in [5, 5.41) is 0.988. The van der Waals surface area contributed by atoms with Gasteiger partial charge < -0.3 is 4.74 Å². The highest BCUT2D eigenvalue weighted by atomic mass is 32.2. The van der Waals surface area contributed by atoms with Crippen LogP contribution in [-0.2, 0) is 14.8 Å². The largest absolute Gasteiger partial charge is 0.465 e. The summed E-state index contributed by atoms with van der Waals surface area (Å²) in [6.45, 7) is 0.906. The van der Waals surface area contributed by atoms with Gasteiger partial charge in [-0.25, -0.2) is 18.2 Å². The van der Waals surface area contributed by atoms with Gasteiger partial charge in [0.25, 0.3) is 0 Å². The van der Waals surface area contributed by atoms with E-state index in [2.05, 4.69) is 4.74 Å². The quantitative estimate of drug-likeness (QED) is 0.607. The number of fused-ring (bicyclic) bond motifs is 1. The summed E-state index contributed by atoms with van der Waals surface area (Å²) in [4.78, 5) is 16.5. The topological polar surface area (TPSA) is 76.6 Å². The molecule has 0 radical (unpaired) electrons. The SMILES string of the molecule is COC(=O)c1ccc(S(=O)(=O)N2CCC[C@H](c3nc4ccccc4s3)C2)cc1. The molecule has 0 saturated carbocycles. The lowest BCUT2D eigenvalue weighted by atomic mass is 10.0. The smallest absolute Gasteiger partial charge is 0.337 e. The molecule has 1 aliphatic heterocycles. The second-order valence-electron chi connectivity index (χ2n) is 6.74. The second kappa shape index (κ2) is 7.62. The summed E-state index contributed by atoms with van der Waals surface area (Å²) in [6.07, 6.45) is 1.72. The van der Waals surface area contributed by atoms with Gasteiger partial charge in [0, 0.05) is 19.0 Å². The maximum absolute atomic E-state index is 13.1. The van der Waals surface area contributed by atoms with Crippen LogP contribution in [0.2, 0.25) is 0 Å². The number of carbonyl (C=O) groups is 1. The number of nitrogens with zero attached hydrogens (tertiary/aromatic N) is 2. The summed E-state index contributed by atoms with van der Waals surface area (Å²) in [6, 6.07) is 13.8. The third-order valence-corrected chi connectivity index (χ3v) is 8.04. The Hall–Kier alpha value is -2.29. The fourth-order valence-corrected chi connectivity index (χ4v) is 6.07. The van der Waals surface area contributed by atoms with Gasteiger partial charge in [0.1, 0.15) is 0 Å². The predicted molar refractivity (Wildman–Crippen MR) is 108 cm³/mol. The molecular weight excluding hydrogens is 396 g/mol. The third kappa shape index (κ3) is 3.55. The third-order valence-electron chi connectivity index (χ3n) is 4.96. The van der Waals surface area contributed by atoms with Crippen molar-refractivity contribution in [1.29, 1.82) is 0 Å². The van der Waals surface area contributed by atoms with Gasteiger partial charge >= 0.3 is 5.97 Å². The first-order chi connectivity index (χ1) is 13.5. The number of hydrogen-bond acceptors (Lipinski definition) is 6. The average Bonchev–Trinajstić information content (AvgIpc) is 3.18. The molecule has 0 N–H and O–H groups in total. The Morgan fingerprint density at radius 3 is 2.64 bits per heavy atom. The van der Waals surface area contributed by atoms with Gasteiger partial charge in [-0.3, -0.25) is 0 Å². The van der Waals surface area contributed by atoms with E-state index in [4.69, 9.17) is 4.98 Å². The molecule has 2 heterocycles. The van der Waals surface area contributed by atoms with E-state index < -0.39 is 16.0 Å². The van der Waals surface area contributed by atoms with Gasteiger partial charge in [-0.2, -0.15) is 4.31 Å². The van der Waals surface area contributed by atoms with E-state index in [0.717, 1.165) is 28.1 Å². The summed E-state index contributed by atoms with van der Waals surface area (Å²) in [5.41, 5.74) is 1.29. The summed E-state index contributed by atoms with van der Waals surface area (Å²) in [7, 11) is -2.33. The molecule has 0 bridgehead atoms. The number of para-hydroxylation sites is 1. The van der Waals surface area contributed by atoms with Crippen LogP contribution in [0.25, 0.3) is 10.2 Å². The van der Waals surface area contributed by atoms with E-state index in [0.29, 0.717) is 18.7 Å². The molecule has 1 aromatic heterocycles. The number of ether oxygens (including phenoxy) is 1. The first kappa shape index (κ1) is 19.0. The van der Waals surface area contributed by atoms with Crippen LogP contribution in [0.4, 0.5) is 0 Å². The summed E-state index contributed by atoms with van der Waals surface area (Å²) in [5.74, 6) is -0.395. The number of sulfonamides is 1. The Kier molecular flexibility index (Phi) is 5.18. The average molecular weight is 417 g/mol. The number of hydrogen-bond donors (Lipinski definition) is 0. The van der Waals surface area contributed by atoms with Crippen LogP contribution < -0.4 is 0 Å². The number of thiazole rings is 1. The minimum absolute atomic E-state index is 0.0928. The number of carbonyl (C=O) groups excluding carboxylic acids is 1. The molecule has 146 valence electrons. The van der Waals surface area contributed by atoms with Crippen LogP contribution in [0.3, 0.4) is 0 Å². The fourth-order valence-electron chi connectivity index (χ4n) is 3.46. The summed E-state index contributed by atoms with van der Waals surface area (Å²) >= 11 is 1.64. The maximum atomic E-state index is 13.1. The van der Waals surface area contributed by atoms with Crippen LogP contribution >= 0.6 is 11.3 Å². The Morgan fingerprint density at radius 2 is 1.93 bits per heavy atom. The highest BCUT2D eigenvalue weighted by Crippen LogP contribution is 2.34. The van der Waals surface area contributed by atoms with Crippen molar-refractivity contribution in [1.82, 2.24) is 9.29 Å². The molecule has 0 spiro atoms. The van der Waals surface area contributed by atoms with Crippen molar-refractivity contribution in [3.05, 3.63) is 59.1 Å². The molecule has 1 aliphatic rings. The lowest BCUT2D eigenvalue weighted by molar-refractivity contribution is 0.0600. The van der Waals surface area contributed by atoms with E-state index in [1.807, 2.05) is 24.3 Å². The van der Waals surface area contributed by atoms with Crippen molar-refractivity contribution in [2.75, 3.05) is 20.2 Å². The number of benzene rings is 2. The molecule has 6 nitrogen and oxygen atoms in total. The van der Waals surface area contributed by atoms with Crippen LogP contribution in [-0.4, -0.2) is 43.9 Å². The molecule has 2 aromatic carbocycles. The van der Waals surface area contributed by atoms with Crippen LogP contribution in [0.15, 0.2) is 53.4 Å². The van der Waals surface area contributed by atoms with E-state index in [1.54, 1.807) is 11.3 Å².